The van der Waals surface area contributed by atoms with E-state index >= 15 is 0 Å². The first-order chi connectivity index (χ1) is 9.70. The lowest BCUT2D eigenvalue weighted by atomic mass is 10.2. The van der Waals surface area contributed by atoms with E-state index in [0.29, 0.717) is 6.61 Å². The van der Waals surface area contributed by atoms with Gasteiger partial charge in [0, 0.05) is 12.1 Å². The van der Waals surface area contributed by atoms with Crippen molar-refractivity contribution in [1.82, 2.24) is 5.32 Å². The summed E-state index contributed by atoms with van der Waals surface area (Å²) in [6, 6.07) is 12.5. The molecular weight excluding hydrogens is 277 g/mol. The first kappa shape index (κ1) is 14.8. The Labute approximate surface area is 123 Å². The maximum absolute atomic E-state index is 13.1. The van der Waals surface area contributed by atoms with Gasteiger partial charge in [-0.15, -0.1) is 0 Å². The minimum absolute atomic E-state index is 0.118. The molecule has 2 aromatic carbocycles. The Bertz CT molecular complexity index is 574. The fraction of sp³-hybridized carbons (Fsp3) is 0.250. The summed E-state index contributed by atoms with van der Waals surface area (Å²) in [5, 5.41) is 3.39. The van der Waals surface area contributed by atoms with Crippen molar-refractivity contribution in [3.05, 3.63) is 64.4 Å². The van der Waals surface area contributed by atoms with E-state index in [9.17, 15) is 4.39 Å². The Morgan fingerprint density at radius 2 is 2.00 bits per heavy atom. The number of ether oxygens (including phenoxy) is 1. The molecule has 0 aliphatic carbocycles. The first-order valence-corrected chi connectivity index (χ1v) is 6.94. The summed E-state index contributed by atoms with van der Waals surface area (Å²) < 4.78 is 18.9. The van der Waals surface area contributed by atoms with Crippen molar-refractivity contribution >= 4 is 11.6 Å². The van der Waals surface area contributed by atoms with Crippen molar-refractivity contribution in [3.8, 4) is 5.75 Å². The molecule has 0 atom stereocenters. The number of hydrogen-bond donors (Lipinski definition) is 1. The highest BCUT2D eigenvalue weighted by Gasteiger charge is 2.05. The molecule has 2 rings (SSSR count). The van der Waals surface area contributed by atoms with E-state index in [4.69, 9.17) is 16.3 Å². The molecule has 0 saturated carbocycles. The topological polar surface area (TPSA) is 21.3 Å². The summed E-state index contributed by atoms with van der Waals surface area (Å²) in [5.41, 5.74) is 1.94. The molecule has 20 heavy (non-hydrogen) atoms. The fourth-order valence-electron chi connectivity index (χ4n) is 1.84. The van der Waals surface area contributed by atoms with Crippen LogP contribution in [0.4, 0.5) is 4.39 Å². The number of nitrogens with one attached hydrogen (secondary N) is 1. The van der Waals surface area contributed by atoms with Crippen LogP contribution in [-0.4, -0.2) is 6.54 Å². The molecule has 2 aromatic rings. The van der Waals surface area contributed by atoms with Gasteiger partial charge in [-0.3, -0.25) is 0 Å². The van der Waals surface area contributed by atoms with E-state index in [2.05, 4.69) is 12.2 Å². The lowest BCUT2D eigenvalue weighted by molar-refractivity contribution is 0.302. The highest BCUT2D eigenvalue weighted by molar-refractivity contribution is 6.30. The van der Waals surface area contributed by atoms with Gasteiger partial charge in [0.05, 0.1) is 5.02 Å². The van der Waals surface area contributed by atoms with Crippen LogP contribution >= 0.6 is 11.6 Å². The summed E-state index contributed by atoms with van der Waals surface area (Å²) in [4.78, 5) is 0. The van der Waals surface area contributed by atoms with Crippen molar-refractivity contribution in [2.24, 2.45) is 0 Å². The molecule has 0 saturated heterocycles. The highest BCUT2D eigenvalue weighted by atomic mass is 35.5. The van der Waals surface area contributed by atoms with Gasteiger partial charge in [0.25, 0.3) is 0 Å². The molecule has 0 heterocycles. The number of para-hydroxylation sites is 1. The molecule has 106 valence electrons. The largest absolute Gasteiger partial charge is 0.489 e. The van der Waals surface area contributed by atoms with Crippen molar-refractivity contribution in [3.63, 3.8) is 0 Å². The molecular formula is C16H17ClFNO. The molecule has 0 aromatic heterocycles. The molecule has 0 amide bonds. The SMILES string of the molecule is CCNCc1ccccc1OCc1ccc(F)c(Cl)c1. The van der Waals surface area contributed by atoms with Gasteiger partial charge in [-0.05, 0) is 30.3 Å². The van der Waals surface area contributed by atoms with Crippen LogP contribution in [0.2, 0.25) is 5.02 Å². The summed E-state index contributed by atoms with van der Waals surface area (Å²) in [7, 11) is 0. The second kappa shape index (κ2) is 7.27. The zero-order valence-electron chi connectivity index (χ0n) is 11.3. The van der Waals surface area contributed by atoms with Crippen LogP contribution in [-0.2, 0) is 13.2 Å². The van der Waals surface area contributed by atoms with E-state index < -0.39 is 5.82 Å². The van der Waals surface area contributed by atoms with Gasteiger partial charge in [0.1, 0.15) is 18.2 Å². The minimum atomic E-state index is -0.414. The third-order valence-corrected chi connectivity index (χ3v) is 3.21. The summed E-state index contributed by atoms with van der Waals surface area (Å²) in [6.07, 6.45) is 0. The molecule has 0 unspecified atom stereocenters. The Hall–Kier alpha value is -1.58. The van der Waals surface area contributed by atoms with E-state index in [1.165, 1.54) is 6.07 Å². The van der Waals surface area contributed by atoms with Crippen LogP contribution in [0.25, 0.3) is 0 Å². The number of halogens is 2. The van der Waals surface area contributed by atoms with E-state index in [1.807, 2.05) is 24.3 Å². The standard InChI is InChI=1S/C16H17ClFNO/c1-2-19-10-13-5-3-4-6-16(13)20-11-12-7-8-15(18)14(17)9-12/h3-9,19H,2,10-11H2,1H3. The average molecular weight is 294 g/mol. The van der Waals surface area contributed by atoms with Gasteiger partial charge in [-0.25, -0.2) is 4.39 Å². The molecule has 0 radical (unpaired) electrons. The van der Waals surface area contributed by atoms with Crippen molar-refractivity contribution < 1.29 is 9.13 Å². The Balaban J connectivity index is 2.04. The molecule has 0 aliphatic heterocycles. The van der Waals surface area contributed by atoms with Crippen LogP contribution in [0.3, 0.4) is 0 Å². The Morgan fingerprint density at radius 1 is 1.20 bits per heavy atom. The molecule has 1 N–H and O–H groups in total. The maximum atomic E-state index is 13.1. The monoisotopic (exact) mass is 293 g/mol. The maximum Gasteiger partial charge on any atom is 0.141 e. The van der Waals surface area contributed by atoms with Gasteiger partial charge in [-0.1, -0.05) is 42.8 Å². The predicted octanol–water partition coefficient (Wildman–Crippen LogP) is 4.17. The highest BCUT2D eigenvalue weighted by Crippen LogP contribution is 2.21. The van der Waals surface area contributed by atoms with Gasteiger partial charge in [-0.2, -0.15) is 0 Å². The van der Waals surface area contributed by atoms with Crippen molar-refractivity contribution in [2.75, 3.05) is 6.54 Å². The van der Waals surface area contributed by atoms with Crippen molar-refractivity contribution in [2.45, 2.75) is 20.1 Å². The molecule has 4 heteroatoms. The number of benzene rings is 2. The average Bonchev–Trinajstić information content (AvgIpc) is 2.47. The van der Waals surface area contributed by atoms with Crippen molar-refractivity contribution in [1.29, 1.82) is 0 Å². The third-order valence-electron chi connectivity index (χ3n) is 2.92. The number of rotatable bonds is 6. The Morgan fingerprint density at radius 3 is 2.75 bits per heavy atom. The normalized spacial score (nSPS) is 10.6. The van der Waals surface area contributed by atoms with E-state index in [1.54, 1.807) is 12.1 Å². The van der Waals surface area contributed by atoms with Gasteiger partial charge >= 0.3 is 0 Å². The second-order valence-electron chi connectivity index (χ2n) is 4.43. The Kier molecular flexibility index (Phi) is 5.39. The predicted molar refractivity (Wildman–Crippen MR) is 79.6 cm³/mol. The van der Waals surface area contributed by atoms with Crippen LogP contribution in [0.5, 0.6) is 5.75 Å². The quantitative estimate of drug-likeness (QED) is 0.863. The molecule has 0 spiro atoms. The number of hydrogen-bond acceptors (Lipinski definition) is 2. The molecule has 2 nitrogen and oxygen atoms in total. The second-order valence-corrected chi connectivity index (χ2v) is 4.83. The van der Waals surface area contributed by atoms with Crippen LogP contribution in [0, 0.1) is 5.82 Å². The van der Waals surface area contributed by atoms with Gasteiger partial charge in [0.2, 0.25) is 0 Å². The summed E-state index contributed by atoms with van der Waals surface area (Å²) in [5.74, 6) is 0.414. The summed E-state index contributed by atoms with van der Waals surface area (Å²) >= 11 is 5.75. The lowest BCUT2D eigenvalue weighted by Gasteiger charge is -2.12. The zero-order valence-corrected chi connectivity index (χ0v) is 12.1. The van der Waals surface area contributed by atoms with Gasteiger partial charge in [0.15, 0.2) is 0 Å². The molecule has 0 fully saturated rings. The first-order valence-electron chi connectivity index (χ1n) is 6.56. The summed E-state index contributed by atoms with van der Waals surface area (Å²) in [6.45, 7) is 4.09. The molecule has 0 aliphatic rings. The molecule has 0 bridgehead atoms. The van der Waals surface area contributed by atoms with Crippen LogP contribution in [0.1, 0.15) is 18.1 Å². The minimum Gasteiger partial charge on any atom is -0.489 e. The zero-order chi connectivity index (χ0) is 14.4. The third kappa shape index (κ3) is 3.95. The smallest absolute Gasteiger partial charge is 0.141 e. The lowest BCUT2D eigenvalue weighted by Crippen LogP contribution is -2.12. The van der Waals surface area contributed by atoms with Crippen LogP contribution in [0.15, 0.2) is 42.5 Å². The van der Waals surface area contributed by atoms with Gasteiger partial charge < -0.3 is 10.1 Å². The van der Waals surface area contributed by atoms with Crippen LogP contribution < -0.4 is 10.1 Å². The van der Waals surface area contributed by atoms with E-state index in [-0.39, 0.29) is 5.02 Å². The van der Waals surface area contributed by atoms with E-state index in [0.717, 1.165) is 30.0 Å². The fourth-order valence-corrected chi connectivity index (χ4v) is 2.04.